The fourth-order valence-corrected chi connectivity index (χ4v) is 1.06. The van der Waals surface area contributed by atoms with Crippen LogP contribution in [0.15, 0.2) is 18.2 Å². The van der Waals surface area contributed by atoms with Crippen molar-refractivity contribution < 1.29 is 9.18 Å². The molecule has 0 aliphatic carbocycles. The maximum atomic E-state index is 13.3. The van der Waals surface area contributed by atoms with Crippen LogP contribution in [0, 0.1) is 12.7 Å². The summed E-state index contributed by atoms with van der Waals surface area (Å²) in [5.74, 6) is -0.858. The van der Waals surface area contributed by atoms with Crippen LogP contribution in [0.2, 0.25) is 0 Å². The number of nitrogens with two attached hydrogens (primary N) is 1. The standard InChI is InChI=1S/C11H15FN2O/c1-7-5-4-6-8(12)9(7)14-10(15)11(2,3)13/h4-6H,13H2,1-3H3,(H,14,15). The summed E-state index contributed by atoms with van der Waals surface area (Å²) in [6.45, 7) is 4.86. The van der Waals surface area contributed by atoms with Gasteiger partial charge < -0.3 is 11.1 Å². The van der Waals surface area contributed by atoms with Gasteiger partial charge >= 0.3 is 0 Å². The van der Waals surface area contributed by atoms with E-state index in [0.29, 0.717) is 5.56 Å². The minimum Gasteiger partial charge on any atom is -0.322 e. The number of anilines is 1. The maximum Gasteiger partial charge on any atom is 0.243 e. The molecule has 4 heteroatoms. The molecule has 1 rings (SSSR count). The normalized spacial score (nSPS) is 11.3. The minimum atomic E-state index is -1.02. The van der Waals surface area contributed by atoms with E-state index in [1.807, 2.05) is 0 Å². The third kappa shape index (κ3) is 2.76. The molecule has 15 heavy (non-hydrogen) atoms. The average Bonchev–Trinajstić information content (AvgIpc) is 2.09. The Hall–Kier alpha value is -1.42. The molecule has 0 aliphatic rings. The van der Waals surface area contributed by atoms with Gasteiger partial charge in [-0.2, -0.15) is 0 Å². The monoisotopic (exact) mass is 210 g/mol. The molecule has 3 N–H and O–H groups in total. The van der Waals surface area contributed by atoms with E-state index in [1.54, 1.807) is 32.9 Å². The second kappa shape index (κ2) is 3.98. The molecule has 0 saturated heterocycles. The van der Waals surface area contributed by atoms with Gasteiger partial charge in [0.05, 0.1) is 11.2 Å². The van der Waals surface area contributed by atoms with Crippen molar-refractivity contribution in [2.75, 3.05) is 5.32 Å². The Bertz CT molecular complexity index is 362. The molecule has 1 aromatic carbocycles. The summed E-state index contributed by atoms with van der Waals surface area (Å²) >= 11 is 0. The van der Waals surface area contributed by atoms with Gasteiger partial charge in [0, 0.05) is 0 Å². The molecule has 0 atom stereocenters. The van der Waals surface area contributed by atoms with Gasteiger partial charge in [-0.05, 0) is 32.4 Å². The molecule has 0 aromatic heterocycles. The van der Waals surface area contributed by atoms with Crippen molar-refractivity contribution in [3.05, 3.63) is 29.6 Å². The van der Waals surface area contributed by atoms with Gasteiger partial charge in [0.2, 0.25) is 5.91 Å². The molecule has 0 radical (unpaired) electrons. The highest BCUT2D eigenvalue weighted by atomic mass is 19.1. The summed E-state index contributed by atoms with van der Waals surface area (Å²) in [6.07, 6.45) is 0. The number of para-hydroxylation sites is 1. The van der Waals surface area contributed by atoms with Crippen LogP contribution in [0.4, 0.5) is 10.1 Å². The molecule has 0 aliphatic heterocycles. The van der Waals surface area contributed by atoms with Crippen molar-refractivity contribution in [2.24, 2.45) is 5.73 Å². The fourth-order valence-electron chi connectivity index (χ4n) is 1.06. The highest BCUT2D eigenvalue weighted by molar-refractivity contribution is 5.97. The molecule has 3 nitrogen and oxygen atoms in total. The van der Waals surface area contributed by atoms with Crippen molar-refractivity contribution >= 4 is 11.6 Å². The van der Waals surface area contributed by atoms with Crippen molar-refractivity contribution in [3.63, 3.8) is 0 Å². The lowest BCUT2D eigenvalue weighted by molar-refractivity contribution is -0.120. The Kier molecular flexibility index (Phi) is 3.09. The van der Waals surface area contributed by atoms with Crippen LogP contribution in [0.25, 0.3) is 0 Å². The van der Waals surface area contributed by atoms with Crippen LogP contribution in [-0.4, -0.2) is 11.4 Å². The highest BCUT2D eigenvalue weighted by Crippen LogP contribution is 2.19. The molecule has 0 bridgehead atoms. The molecule has 0 heterocycles. The van der Waals surface area contributed by atoms with Crippen molar-refractivity contribution in [1.82, 2.24) is 0 Å². The molecular formula is C11H15FN2O. The highest BCUT2D eigenvalue weighted by Gasteiger charge is 2.23. The van der Waals surface area contributed by atoms with Crippen molar-refractivity contribution in [3.8, 4) is 0 Å². The predicted octanol–water partition coefficient (Wildman–Crippen LogP) is 1.81. The van der Waals surface area contributed by atoms with Gasteiger partial charge in [-0.15, -0.1) is 0 Å². The first-order valence-electron chi connectivity index (χ1n) is 4.68. The van der Waals surface area contributed by atoms with Crippen LogP contribution in [0.1, 0.15) is 19.4 Å². The van der Waals surface area contributed by atoms with Crippen molar-refractivity contribution in [1.29, 1.82) is 0 Å². The molecule has 82 valence electrons. The zero-order valence-corrected chi connectivity index (χ0v) is 9.10. The zero-order valence-electron chi connectivity index (χ0n) is 9.10. The Morgan fingerprint density at radius 3 is 2.53 bits per heavy atom. The van der Waals surface area contributed by atoms with E-state index >= 15 is 0 Å². The summed E-state index contributed by atoms with van der Waals surface area (Å²) in [7, 11) is 0. The number of aryl methyl sites for hydroxylation is 1. The van der Waals surface area contributed by atoms with Gasteiger partial charge in [-0.3, -0.25) is 4.79 Å². The molecular weight excluding hydrogens is 195 g/mol. The van der Waals surface area contributed by atoms with Crippen LogP contribution in [-0.2, 0) is 4.79 Å². The molecule has 1 aromatic rings. The van der Waals surface area contributed by atoms with Gasteiger partial charge in [-0.25, -0.2) is 4.39 Å². The molecule has 0 saturated carbocycles. The fraction of sp³-hybridized carbons (Fsp3) is 0.364. The molecule has 1 amide bonds. The Balaban J connectivity index is 2.95. The van der Waals surface area contributed by atoms with Gasteiger partial charge in [0.25, 0.3) is 0 Å². The number of hydrogen-bond acceptors (Lipinski definition) is 2. The number of benzene rings is 1. The first-order chi connectivity index (χ1) is 6.82. The first kappa shape index (κ1) is 11.7. The minimum absolute atomic E-state index is 0.195. The smallest absolute Gasteiger partial charge is 0.243 e. The number of carbonyl (C=O) groups excluding carboxylic acids is 1. The molecule has 0 unspecified atom stereocenters. The Morgan fingerprint density at radius 1 is 1.47 bits per heavy atom. The van der Waals surface area contributed by atoms with E-state index in [4.69, 9.17) is 5.73 Å². The van der Waals surface area contributed by atoms with Crippen LogP contribution in [0.3, 0.4) is 0 Å². The lowest BCUT2D eigenvalue weighted by Crippen LogP contribution is -2.45. The average molecular weight is 210 g/mol. The number of amides is 1. The molecule has 0 fully saturated rings. The predicted molar refractivity (Wildman–Crippen MR) is 58.0 cm³/mol. The third-order valence-corrected chi connectivity index (χ3v) is 2.05. The summed E-state index contributed by atoms with van der Waals surface area (Å²) in [5, 5.41) is 2.48. The largest absolute Gasteiger partial charge is 0.322 e. The Labute approximate surface area is 88.5 Å². The van der Waals surface area contributed by atoms with Crippen LogP contribution >= 0.6 is 0 Å². The van der Waals surface area contributed by atoms with E-state index in [-0.39, 0.29) is 5.69 Å². The topological polar surface area (TPSA) is 55.1 Å². The summed E-state index contributed by atoms with van der Waals surface area (Å²) in [5.41, 5.74) is 5.44. The second-order valence-electron chi connectivity index (χ2n) is 4.11. The zero-order chi connectivity index (χ0) is 11.6. The van der Waals surface area contributed by atoms with Gasteiger partial charge in [0.15, 0.2) is 0 Å². The van der Waals surface area contributed by atoms with E-state index in [1.165, 1.54) is 6.07 Å². The van der Waals surface area contributed by atoms with Crippen LogP contribution in [0.5, 0.6) is 0 Å². The Morgan fingerprint density at radius 2 is 2.07 bits per heavy atom. The van der Waals surface area contributed by atoms with E-state index in [9.17, 15) is 9.18 Å². The van der Waals surface area contributed by atoms with Gasteiger partial charge in [-0.1, -0.05) is 12.1 Å². The number of halogens is 1. The number of rotatable bonds is 2. The van der Waals surface area contributed by atoms with Crippen LogP contribution < -0.4 is 11.1 Å². The van der Waals surface area contributed by atoms with Gasteiger partial charge in [0.1, 0.15) is 5.82 Å². The molecule has 0 spiro atoms. The van der Waals surface area contributed by atoms with Crippen molar-refractivity contribution in [2.45, 2.75) is 26.3 Å². The maximum absolute atomic E-state index is 13.3. The van der Waals surface area contributed by atoms with E-state index < -0.39 is 17.3 Å². The first-order valence-corrected chi connectivity index (χ1v) is 4.68. The third-order valence-electron chi connectivity index (χ3n) is 2.05. The number of carbonyl (C=O) groups is 1. The summed E-state index contributed by atoms with van der Waals surface area (Å²) in [4.78, 5) is 11.5. The second-order valence-corrected chi connectivity index (χ2v) is 4.11. The SMILES string of the molecule is Cc1cccc(F)c1NC(=O)C(C)(C)N. The lowest BCUT2D eigenvalue weighted by atomic mass is 10.1. The quantitative estimate of drug-likeness (QED) is 0.782. The lowest BCUT2D eigenvalue weighted by Gasteiger charge is -2.19. The number of hydrogen-bond donors (Lipinski definition) is 2. The van der Waals surface area contributed by atoms with E-state index in [2.05, 4.69) is 5.32 Å². The summed E-state index contributed by atoms with van der Waals surface area (Å²) in [6, 6.07) is 4.61. The summed E-state index contributed by atoms with van der Waals surface area (Å²) < 4.78 is 13.3. The number of nitrogens with one attached hydrogen (secondary N) is 1. The van der Waals surface area contributed by atoms with E-state index in [0.717, 1.165) is 0 Å².